The number of likely N-dealkylation sites (N-methyl/N-ethyl adjacent to an activating group) is 1. The molecule has 2 heterocycles. The van der Waals surface area contributed by atoms with Crippen molar-refractivity contribution >= 4 is 11.8 Å². The summed E-state index contributed by atoms with van der Waals surface area (Å²) in [5.74, 6) is 2.50. The molecule has 2 rings (SSSR count). The Kier molecular flexibility index (Phi) is 4.87. The Hall–Kier alpha value is 0.230. The summed E-state index contributed by atoms with van der Waals surface area (Å²) in [6.45, 7) is 8.07. The van der Waals surface area contributed by atoms with E-state index in [1.54, 1.807) is 0 Å². The number of thioether (sulfide) groups is 1. The third-order valence-corrected chi connectivity index (χ3v) is 6.72. The molecular formula is C15H31N3S. The van der Waals surface area contributed by atoms with Crippen molar-refractivity contribution < 1.29 is 0 Å². The maximum atomic E-state index is 6.30. The first-order valence-electron chi connectivity index (χ1n) is 7.62. The first kappa shape index (κ1) is 15.6. The number of hydrogen-bond acceptors (Lipinski definition) is 4. The number of rotatable bonds is 3. The van der Waals surface area contributed by atoms with Crippen LogP contribution >= 0.6 is 11.8 Å². The second-order valence-electron chi connectivity index (χ2n) is 7.13. The number of likely N-dealkylation sites (tertiary alicyclic amines) is 1. The highest BCUT2D eigenvalue weighted by atomic mass is 32.2. The van der Waals surface area contributed by atoms with E-state index < -0.39 is 0 Å². The molecule has 2 fully saturated rings. The van der Waals surface area contributed by atoms with Gasteiger partial charge in [-0.05, 0) is 51.1 Å². The van der Waals surface area contributed by atoms with Gasteiger partial charge >= 0.3 is 0 Å². The van der Waals surface area contributed by atoms with Crippen LogP contribution < -0.4 is 5.73 Å². The van der Waals surface area contributed by atoms with Gasteiger partial charge < -0.3 is 10.6 Å². The van der Waals surface area contributed by atoms with E-state index >= 15 is 0 Å². The summed E-state index contributed by atoms with van der Waals surface area (Å²) in [4.78, 5) is 5.12. The topological polar surface area (TPSA) is 32.5 Å². The van der Waals surface area contributed by atoms with Gasteiger partial charge in [0.2, 0.25) is 0 Å². The van der Waals surface area contributed by atoms with Gasteiger partial charge in [0.25, 0.3) is 0 Å². The molecule has 0 saturated carbocycles. The molecule has 2 aliphatic rings. The Balaban J connectivity index is 2.20. The second kappa shape index (κ2) is 5.92. The molecule has 3 nitrogen and oxygen atoms in total. The van der Waals surface area contributed by atoms with Gasteiger partial charge in [0, 0.05) is 30.4 Å². The highest BCUT2D eigenvalue weighted by Gasteiger charge is 2.50. The molecular weight excluding hydrogens is 254 g/mol. The van der Waals surface area contributed by atoms with Gasteiger partial charge in [-0.15, -0.1) is 0 Å². The van der Waals surface area contributed by atoms with Crippen molar-refractivity contribution in [2.24, 2.45) is 11.1 Å². The lowest BCUT2D eigenvalue weighted by molar-refractivity contribution is -0.0292. The summed E-state index contributed by atoms with van der Waals surface area (Å²) < 4.78 is 0. The zero-order chi connectivity index (χ0) is 14.1. The lowest BCUT2D eigenvalue weighted by atomic mass is 9.69. The molecule has 19 heavy (non-hydrogen) atoms. The van der Waals surface area contributed by atoms with Crippen LogP contribution in [0.1, 0.15) is 33.1 Å². The molecule has 2 atom stereocenters. The zero-order valence-electron chi connectivity index (χ0n) is 13.1. The molecule has 0 amide bonds. The van der Waals surface area contributed by atoms with Crippen molar-refractivity contribution in [3.63, 3.8) is 0 Å². The maximum absolute atomic E-state index is 6.30. The van der Waals surface area contributed by atoms with Crippen molar-refractivity contribution in [2.45, 2.75) is 44.7 Å². The summed E-state index contributed by atoms with van der Waals surface area (Å²) >= 11 is 2.10. The van der Waals surface area contributed by atoms with Crippen LogP contribution in [0.25, 0.3) is 0 Å². The van der Waals surface area contributed by atoms with Crippen LogP contribution in [0.3, 0.4) is 0 Å². The van der Waals surface area contributed by atoms with E-state index in [0.29, 0.717) is 11.5 Å². The third kappa shape index (κ3) is 2.82. The first-order valence-corrected chi connectivity index (χ1v) is 8.78. The highest BCUT2D eigenvalue weighted by molar-refractivity contribution is 7.99. The molecule has 2 unspecified atom stereocenters. The minimum Gasteiger partial charge on any atom is -0.329 e. The standard InChI is InChI=1S/C15H31N3S/c1-14(2)7-9-19-12-15(14,11-16)18-8-5-6-13(10-18)17(3)4/h13H,5-12,16H2,1-4H3. The van der Waals surface area contributed by atoms with Crippen molar-refractivity contribution in [2.75, 3.05) is 45.2 Å². The van der Waals surface area contributed by atoms with E-state index in [4.69, 9.17) is 5.73 Å². The Labute approximate surface area is 123 Å². The monoisotopic (exact) mass is 285 g/mol. The van der Waals surface area contributed by atoms with Crippen molar-refractivity contribution in [1.29, 1.82) is 0 Å². The molecule has 0 aromatic heterocycles. The van der Waals surface area contributed by atoms with Crippen LogP contribution in [-0.2, 0) is 0 Å². The summed E-state index contributed by atoms with van der Waals surface area (Å²) in [7, 11) is 4.42. The van der Waals surface area contributed by atoms with E-state index in [0.717, 1.165) is 6.54 Å². The molecule has 2 aliphatic heterocycles. The van der Waals surface area contributed by atoms with Gasteiger partial charge in [-0.2, -0.15) is 11.8 Å². The van der Waals surface area contributed by atoms with Gasteiger partial charge in [-0.1, -0.05) is 13.8 Å². The largest absolute Gasteiger partial charge is 0.329 e. The van der Waals surface area contributed by atoms with Crippen LogP contribution in [0.4, 0.5) is 0 Å². The Morgan fingerprint density at radius 1 is 1.37 bits per heavy atom. The first-order chi connectivity index (χ1) is 8.93. The zero-order valence-corrected chi connectivity index (χ0v) is 13.9. The predicted molar refractivity (Wildman–Crippen MR) is 85.8 cm³/mol. The van der Waals surface area contributed by atoms with Crippen LogP contribution in [-0.4, -0.2) is 66.6 Å². The van der Waals surface area contributed by atoms with Gasteiger partial charge in [-0.25, -0.2) is 0 Å². The molecule has 4 heteroatoms. The van der Waals surface area contributed by atoms with Crippen molar-refractivity contribution in [1.82, 2.24) is 9.80 Å². The molecule has 0 spiro atoms. The molecule has 0 aromatic carbocycles. The van der Waals surface area contributed by atoms with E-state index in [9.17, 15) is 0 Å². The smallest absolute Gasteiger partial charge is 0.0473 e. The molecule has 0 aliphatic carbocycles. The third-order valence-electron chi connectivity index (χ3n) is 5.54. The minimum absolute atomic E-state index is 0.199. The number of hydrogen-bond donors (Lipinski definition) is 1. The van der Waals surface area contributed by atoms with Gasteiger partial charge in [0.05, 0.1) is 0 Å². The Morgan fingerprint density at radius 3 is 2.68 bits per heavy atom. The number of piperidine rings is 1. The fourth-order valence-corrected chi connectivity index (χ4v) is 5.57. The summed E-state index contributed by atoms with van der Waals surface area (Å²) in [6, 6.07) is 0.694. The molecule has 2 N–H and O–H groups in total. The van der Waals surface area contributed by atoms with Crippen LogP contribution in [0.15, 0.2) is 0 Å². The van der Waals surface area contributed by atoms with Gasteiger partial charge in [0.15, 0.2) is 0 Å². The van der Waals surface area contributed by atoms with E-state index in [1.807, 2.05) is 0 Å². The molecule has 112 valence electrons. The maximum Gasteiger partial charge on any atom is 0.0473 e. The summed E-state index contributed by atoms with van der Waals surface area (Å²) in [5.41, 5.74) is 6.83. The number of nitrogens with zero attached hydrogens (tertiary/aromatic N) is 2. The Morgan fingerprint density at radius 2 is 2.11 bits per heavy atom. The van der Waals surface area contributed by atoms with Crippen LogP contribution in [0.2, 0.25) is 0 Å². The van der Waals surface area contributed by atoms with Crippen LogP contribution in [0.5, 0.6) is 0 Å². The predicted octanol–water partition coefficient (Wildman–Crippen LogP) is 1.87. The highest BCUT2D eigenvalue weighted by Crippen LogP contribution is 2.46. The average molecular weight is 286 g/mol. The van der Waals surface area contributed by atoms with E-state index in [2.05, 4.69) is 49.5 Å². The molecule has 2 saturated heterocycles. The summed E-state index contributed by atoms with van der Waals surface area (Å²) in [6.07, 6.45) is 3.93. The molecule has 0 radical (unpaired) electrons. The molecule has 0 aromatic rings. The average Bonchev–Trinajstić information content (AvgIpc) is 2.39. The minimum atomic E-state index is 0.199. The quantitative estimate of drug-likeness (QED) is 0.858. The van der Waals surface area contributed by atoms with Gasteiger partial charge in [-0.3, -0.25) is 4.90 Å². The van der Waals surface area contributed by atoms with Crippen molar-refractivity contribution in [3.8, 4) is 0 Å². The van der Waals surface area contributed by atoms with E-state index in [-0.39, 0.29) is 5.54 Å². The second-order valence-corrected chi connectivity index (χ2v) is 8.23. The summed E-state index contributed by atoms with van der Waals surface area (Å²) in [5, 5.41) is 0. The molecule has 0 bridgehead atoms. The SMILES string of the molecule is CN(C)C1CCCN(C2(CN)CSCCC2(C)C)C1. The number of nitrogens with two attached hydrogens (primary N) is 1. The normalized spacial score (nSPS) is 36.6. The van der Waals surface area contributed by atoms with E-state index in [1.165, 1.54) is 43.9 Å². The Bertz CT molecular complexity index is 306. The van der Waals surface area contributed by atoms with Crippen LogP contribution in [0, 0.1) is 5.41 Å². The van der Waals surface area contributed by atoms with Crippen molar-refractivity contribution in [3.05, 3.63) is 0 Å². The van der Waals surface area contributed by atoms with Gasteiger partial charge in [0.1, 0.15) is 0 Å². The fraction of sp³-hybridized carbons (Fsp3) is 1.00. The lowest BCUT2D eigenvalue weighted by Crippen LogP contribution is -2.68. The lowest BCUT2D eigenvalue weighted by Gasteiger charge is -2.57. The fourth-order valence-electron chi connectivity index (χ4n) is 3.75.